The number of piperidine rings is 1. The van der Waals surface area contributed by atoms with E-state index in [2.05, 4.69) is 5.32 Å². The van der Waals surface area contributed by atoms with Crippen LogP contribution >= 0.6 is 0 Å². The highest BCUT2D eigenvalue weighted by molar-refractivity contribution is 5.81. The van der Waals surface area contributed by atoms with E-state index in [0.29, 0.717) is 69.4 Å². The highest BCUT2D eigenvalue weighted by Crippen LogP contribution is 2.33. The second-order valence-corrected chi connectivity index (χ2v) is 11.0. The Morgan fingerprint density at radius 2 is 1.80 bits per heavy atom. The molecule has 2 saturated heterocycles. The zero-order valence-electron chi connectivity index (χ0n) is 23.4. The number of carbonyl (C=O) groups excluding carboxylic acids is 3. The number of methoxy groups -OCH3 is 1. The zero-order chi connectivity index (χ0) is 28.2. The van der Waals surface area contributed by atoms with Crippen molar-refractivity contribution >= 4 is 17.7 Å². The fourth-order valence-corrected chi connectivity index (χ4v) is 5.75. The first-order valence-electron chi connectivity index (χ1n) is 13.9. The molecule has 3 amide bonds. The fourth-order valence-electron chi connectivity index (χ4n) is 5.75. The van der Waals surface area contributed by atoms with Crippen molar-refractivity contribution in [1.29, 1.82) is 0 Å². The summed E-state index contributed by atoms with van der Waals surface area (Å²) in [5.74, 6) is 1.76. The molecule has 0 radical (unpaired) electrons. The maximum atomic E-state index is 13.4. The summed E-state index contributed by atoms with van der Waals surface area (Å²) in [4.78, 5) is 43.8. The number of carbonyl (C=O) groups is 3. The van der Waals surface area contributed by atoms with Crippen molar-refractivity contribution in [2.24, 2.45) is 5.92 Å². The number of amides is 3. The van der Waals surface area contributed by atoms with Gasteiger partial charge in [0.05, 0.1) is 32.4 Å². The summed E-state index contributed by atoms with van der Waals surface area (Å²) >= 11 is 0. The largest absolute Gasteiger partial charge is 0.493 e. The lowest BCUT2D eigenvalue weighted by Crippen LogP contribution is -2.47. The lowest BCUT2D eigenvalue weighted by Gasteiger charge is -2.32. The molecule has 3 heterocycles. The third kappa shape index (κ3) is 6.56. The van der Waals surface area contributed by atoms with Gasteiger partial charge in [-0.25, -0.2) is 0 Å². The van der Waals surface area contributed by atoms with Gasteiger partial charge < -0.3 is 29.3 Å². The zero-order valence-corrected chi connectivity index (χ0v) is 23.4. The van der Waals surface area contributed by atoms with Gasteiger partial charge in [-0.1, -0.05) is 18.2 Å². The number of nitrogens with zero attached hydrogens (tertiary/aromatic N) is 3. The standard InChI is InChI=1S/C30H38N4O6/c1-20(35)33-11-9-23(10-12-33)30(37)34-16-25-28(17-34)39-19-22-5-4-6-24(13-22)40-27-14-21(7-8-26(27)38-3)15-32(2)18-29(36)31-25/h4-8,13-14,23,25,28H,9-12,15-19H2,1-3H3,(H,31,36)/t25-,28-/m0/s1. The molecule has 0 unspecified atom stereocenters. The Bertz CT molecular complexity index is 1240. The van der Waals surface area contributed by atoms with E-state index >= 15 is 0 Å². The second kappa shape index (κ2) is 12.3. The molecule has 10 nitrogen and oxygen atoms in total. The molecule has 0 spiro atoms. The maximum Gasteiger partial charge on any atom is 0.234 e. The molecule has 2 aromatic rings. The Hall–Kier alpha value is -3.63. The Labute approximate surface area is 235 Å². The Balaban J connectivity index is 1.34. The Morgan fingerprint density at radius 1 is 1.00 bits per heavy atom. The van der Waals surface area contributed by atoms with E-state index < -0.39 is 0 Å². The van der Waals surface area contributed by atoms with Crippen LogP contribution in [-0.2, 0) is 32.3 Å². The molecule has 3 aliphatic heterocycles. The summed E-state index contributed by atoms with van der Waals surface area (Å²) in [5, 5.41) is 3.14. The number of ether oxygens (including phenoxy) is 3. The smallest absolute Gasteiger partial charge is 0.234 e. The molecule has 0 saturated carbocycles. The van der Waals surface area contributed by atoms with Crippen molar-refractivity contribution in [2.75, 3.05) is 46.9 Å². The molecule has 2 aromatic carbocycles. The van der Waals surface area contributed by atoms with E-state index in [1.54, 1.807) is 18.9 Å². The third-order valence-corrected chi connectivity index (χ3v) is 7.90. The molecule has 4 bridgehead atoms. The van der Waals surface area contributed by atoms with Crippen LogP contribution < -0.4 is 14.8 Å². The van der Waals surface area contributed by atoms with Gasteiger partial charge in [0.1, 0.15) is 5.75 Å². The Kier molecular flexibility index (Phi) is 8.56. The average molecular weight is 551 g/mol. The first kappa shape index (κ1) is 27.9. The third-order valence-electron chi connectivity index (χ3n) is 7.90. The van der Waals surface area contributed by atoms with Crippen LogP contribution in [-0.4, -0.2) is 91.4 Å². The SMILES string of the molecule is COc1ccc2cc1Oc1cccc(c1)CO[C@H]1CN(C(=O)C3CCN(C(C)=O)CC3)C[C@@H]1NC(=O)CN(C)C2. The van der Waals surface area contributed by atoms with E-state index in [4.69, 9.17) is 14.2 Å². The molecule has 10 heteroatoms. The van der Waals surface area contributed by atoms with Crippen LogP contribution in [0, 0.1) is 5.92 Å². The van der Waals surface area contributed by atoms with Crippen LogP contribution in [0.5, 0.6) is 17.2 Å². The van der Waals surface area contributed by atoms with Crippen LogP contribution in [0.4, 0.5) is 0 Å². The van der Waals surface area contributed by atoms with Gasteiger partial charge in [0.25, 0.3) is 0 Å². The van der Waals surface area contributed by atoms with Crippen LogP contribution in [0.15, 0.2) is 42.5 Å². The summed E-state index contributed by atoms with van der Waals surface area (Å²) < 4.78 is 18.0. The quantitative estimate of drug-likeness (QED) is 0.613. The minimum atomic E-state index is -0.346. The molecule has 1 N–H and O–H groups in total. The van der Waals surface area contributed by atoms with Gasteiger partial charge in [0, 0.05) is 45.6 Å². The molecule has 2 atom stereocenters. The van der Waals surface area contributed by atoms with Crippen LogP contribution in [0.1, 0.15) is 30.9 Å². The highest BCUT2D eigenvalue weighted by Gasteiger charge is 2.40. The van der Waals surface area contributed by atoms with Crippen molar-refractivity contribution in [3.8, 4) is 17.2 Å². The number of hydrogen-bond acceptors (Lipinski definition) is 7. The van der Waals surface area contributed by atoms with E-state index in [9.17, 15) is 14.4 Å². The minimum Gasteiger partial charge on any atom is -0.493 e. The van der Waals surface area contributed by atoms with Crippen molar-refractivity contribution in [1.82, 2.24) is 20.0 Å². The van der Waals surface area contributed by atoms with E-state index in [0.717, 1.165) is 11.1 Å². The lowest BCUT2D eigenvalue weighted by atomic mass is 9.95. The number of fused-ring (bicyclic) bond motifs is 5. The normalized spacial score (nSPS) is 22.7. The van der Waals surface area contributed by atoms with Gasteiger partial charge in [0.15, 0.2) is 11.5 Å². The van der Waals surface area contributed by atoms with Crippen LogP contribution in [0.2, 0.25) is 0 Å². The number of likely N-dealkylation sites (tertiary alicyclic amines) is 2. The topological polar surface area (TPSA) is 101 Å². The molecular formula is C30H38N4O6. The predicted molar refractivity (Wildman–Crippen MR) is 148 cm³/mol. The van der Waals surface area contributed by atoms with Gasteiger partial charge in [-0.15, -0.1) is 0 Å². The molecule has 0 aromatic heterocycles. The second-order valence-electron chi connectivity index (χ2n) is 11.0. The number of hydrogen-bond donors (Lipinski definition) is 1. The summed E-state index contributed by atoms with van der Waals surface area (Å²) in [5.41, 5.74) is 1.91. The van der Waals surface area contributed by atoms with Crippen molar-refractivity contribution in [3.05, 3.63) is 53.6 Å². The Morgan fingerprint density at radius 3 is 2.55 bits per heavy atom. The predicted octanol–water partition coefficient (Wildman–Crippen LogP) is 2.40. The first-order valence-corrected chi connectivity index (χ1v) is 13.9. The summed E-state index contributed by atoms with van der Waals surface area (Å²) in [6.07, 6.45) is 0.960. The molecule has 5 rings (SSSR count). The van der Waals surface area contributed by atoms with Gasteiger partial charge >= 0.3 is 0 Å². The monoisotopic (exact) mass is 550 g/mol. The summed E-state index contributed by atoms with van der Waals surface area (Å²) in [6.45, 7) is 4.61. The summed E-state index contributed by atoms with van der Waals surface area (Å²) in [7, 11) is 3.50. The minimum absolute atomic E-state index is 0.0461. The van der Waals surface area contributed by atoms with Gasteiger partial charge in [-0.2, -0.15) is 0 Å². The van der Waals surface area contributed by atoms with Crippen molar-refractivity contribution < 1.29 is 28.6 Å². The molecule has 214 valence electrons. The number of likely N-dealkylation sites (N-methyl/N-ethyl adjacent to an activating group) is 1. The van der Waals surface area contributed by atoms with Gasteiger partial charge in [-0.05, 0) is 55.3 Å². The average Bonchev–Trinajstić information content (AvgIpc) is 3.33. The van der Waals surface area contributed by atoms with Crippen LogP contribution in [0.3, 0.4) is 0 Å². The van der Waals surface area contributed by atoms with E-state index in [-0.39, 0.29) is 42.3 Å². The molecule has 2 fully saturated rings. The number of nitrogens with one attached hydrogen (secondary N) is 1. The number of benzene rings is 2. The number of rotatable bonds is 2. The molecular weight excluding hydrogens is 512 g/mol. The fraction of sp³-hybridized carbons (Fsp3) is 0.500. The summed E-state index contributed by atoms with van der Waals surface area (Å²) in [6, 6.07) is 13.1. The van der Waals surface area contributed by atoms with Crippen molar-refractivity contribution in [3.63, 3.8) is 0 Å². The van der Waals surface area contributed by atoms with E-state index in [1.807, 2.05) is 59.3 Å². The molecule has 3 aliphatic rings. The highest BCUT2D eigenvalue weighted by atomic mass is 16.5. The van der Waals surface area contributed by atoms with Crippen LogP contribution in [0.25, 0.3) is 0 Å². The van der Waals surface area contributed by atoms with Gasteiger partial charge in [0.2, 0.25) is 17.7 Å². The van der Waals surface area contributed by atoms with Crippen molar-refractivity contribution in [2.45, 2.75) is 45.1 Å². The molecule has 40 heavy (non-hydrogen) atoms. The first-order chi connectivity index (χ1) is 19.3. The molecule has 0 aliphatic carbocycles. The maximum absolute atomic E-state index is 13.4. The van der Waals surface area contributed by atoms with Gasteiger partial charge in [-0.3, -0.25) is 19.3 Å². The lowest BCUT2D eigenvalue weighted by molar-refractivity contribution is -0.139. The van der Waals surface area contributed by atoms with E-state index in [1.165, 1.54) is 0 Å².